The second kappa shape index (κ2) is 54.9. The highest BCUT2D eigenvalue weighted by atomic mass is 31.2. The Labute approximate surface area is 457 Å². The number of nitrogens with zero attached hydrogens (tertiary/aromatic N) is 1. The second-order valence-electron chi connectivity index (χ2n) is 21.3. The van der Waals surface area contributed by atoms with Crippen molar-refractivity contribution in [3.63, 3.8) is 0 Å². The van der Waals surface area contributed by atoms with Crippen LogP contribution in [0.15, 0.2) is 109 Å². The number of aliphatic hydroxyl groups excluding tert-OH is 1. The summed E-state index contributed by atoms with van der Waals surface area (Å²) in [6, 6.07) is -0.874. The minimum atomic E-state index is -4.36. The molecular formula is C65H116N2O6P+. The number of amides is 1. The maximum Gasteiger partial charge on any atom is 0.472 e. The smallest absolute Gasteiger partial charge is 0.387 e. The Morgan fingerprint density at radius 1 is 0.473 bits per heavy atom. The molecule has 0 aromatic carbocycles. The lowest BCUT2D eigenvalue weighted by molar-refractivity contribution is -0.870. The second-order valence-corrected chi connectivity index (χ2v) is 22.8. The van der Waals surface area contributed by atoms with Gasteiger partial charge < -0.3 is 19.8 Å². The SMILES string of the molecule is CC/C=C\C/C=C\C/C=C\C/C=C\C/C=C\C/C=C\CCCCCCCCCCCCCCCCCCCCC(=O)NC(COP(=O)(O)OCC[N+](C)(C)C)C(O)/C=C/CC/C=C/CC/C=C/CCCCCCC. The Hall–Kier alpha value is -2.84. The van der Waals surface area contributed by atoms with Gasteiger partial charge in [-0.05, 0) is 96.3 Å². The van der Waals surface area contributed by atoms with Gasteiger partial charge in [0.25, 0.3) is 0 Å². The molecule has 0 fully saturated rings. The quantitative estimate of drug-likeness (QED) is 0.0243. The van der Waals surface area contributed by atoms with E-state index in [4.69, 9.17) is 9.05 Å². The van der Waals surface area contributed by atoms with E-state index < -0.39 is 20.0 Å². The van der Waals surface area contributed by atoms with E-state index in [0.717, 1.165) is 83.5 Å². The van der Waals surface area contributed by atoms with E-state index in [1.165, 1.54) is 141 Å². The number of allylic oxidation sites excluding steroid dienone is 17. The fourth-order valence-electron chi connectivity index (χ4n) is 8.25. The molecule has 0 aliphatic carbocycles. The predicted octanol–water partition coefficient (Wildman–Crippen LogP) is 18.8. The molecule has 3 unspecified atom stereocenters. The zero-order valence-corrected chi connectivity index (χ0v) is 49.4. The topological polar surface area (TPSA) is 105 Å². The minimum absolute atomic E-state index is 0.0504. The molecule has 0 aromatic rings. The number of hydrogen-bond donors (Lipinski definition) is 3. The predicted molar refractivity (Wildman–Crippen MR) is 322 cm³/mol. The molecular weight excluding hydrogens is 936 g/mol. The van der Waals surface area contributed by atoms with E-state index in [1.54, 1.807) is 6.08 Å². The number of hydrogen-bond acceptors (Lipinski definition) is 5. The van der Waals surface area contributed by atoms with E-state index in [-0.39, 0.29) is 19.1 Å². The summed E-state index contributed by atoms with van der Waals surface area (Å²) >= 11 is 0. The van der Waals surface area contributed by atoms with Gasteiger partial charge in [0, 0.05) is 6.42 Å². The Morgan fingerprint density at radius 2 is 0.824 bits per heavy atom. The van der Waals surface area contributed by atoms with Crippen molar-refractivity contribution < 1.29 is 32.9 Å². The van der Waals surface area contributed by atoms with E-state index in [2.05, 4.69) is 116 Å². The number of unbranched alkanes of at least 4 members (excludes halogenated alkanes) is 25. The number of carbonyl (C=O) groups is 1. The molecule has 0 saturated heterocycles. The first-order chi connectivity index (χ1) is 36.0. The minimum Gasteiger partial charge on any atom is -0.387 e. The number of aliphatic hydroxyl groups is 1. The van der Waals surface area contributed by atoms with E-state index in [9.17, 15) is 19.4 Å². The lowest BCUT2D eigenvalue weighted by Gasteiger charge is -2.25. The number of phosphoric ester groups is 1. The van der Waals surface area contributed by atoms with Crippen molar-refractivity contribution in [1.29, 1.82) is 0 Å². The molecule has 0 rings (SSSR count). The van der Waals surface area contributed by atoms with E-state index in [1.807, 2.05) is 27.2 Å². The molecule has 74 heavy (non-hydrogen) atoms. The van der Waals surface area contributed by atoms with Crippen LogP contribution in [-0.4, -0.2) is 73.4 Å². The molecule has 0 heterocycles. The molecule has 0 spiro atoms. The lowest BCUT2D eigenvalue weighted by atomic mass is 10.0. The van der Waals surface area contributed by atoms with Crippen LogP contribution in [0.2, 0.25) is 0 Å². The van der Waals surface area contributed by atoms with Crippen molar-refractivity contribution in [3.05, 3.63) is 109 Å². The van der Waals surface area contributed by atoms with Crippen molar-refractivity contribution in [2.45, 2.75) is 257 Å². The van der Waals surface area contributed by atoms with Crippen LogP contribution < -0.4 is 5.32 Å². The number of nitrogens with one attached hydrogen (secondary N) is 1. The normalized spacial score (nSPS) is 14.6. The summed E-state index contributed by atoms with van der Waals surface area (Å²) in [5.41, 5.74) is 0. The highest BCUT2D eigenvalue weighted by molar-refractivity contribution is 7.47. The molecule has 9 heteroatoms. The Morgan fingerprint density at radius 3 is 1.24 bits per heavy atom. The lowest BCUT2D eigenvalue weighted by Crippen LogP contribution is -2.45. The van der Waals surface area contributed by atoms with Gasteiger partial charge in [0.1, 0.15) is 13.2 Å². The highest BCUT2D eigenvalue weighted by Crippen LogP contribution is 2.43. The van der Waals surface area contributed by atoms with Gasteiger partial charge in [-0.3, -0.25) is 13.8 Å². The van der Waals surface area contributed by atoms with Crippen molar-refractivity contribution in [3.8, 4) is 0 Å². The Balaban J connectivity index is 4.05. The summed E-state index contributed by atoms with van der Waals surface area (Å²) in [6.07, 6.45) is 80.7. The van der Waals surface area contributed by atoms with Crippen molar-refractivity contribution in [1.82, 2.24) is 5.32 Å². The van der Waals surface area contributed by atoms with Gasteiger partial charge in [0.2, 0.25) is 5.91 Å². The molecule has 0 aliphatic rings. The van der Waals surface area contributed by atoms with Gasteiger partial charge in [0.15, 0.2) is 0 Å². The molecule has 0 saturated carbocycles. The van der Waals surface area contributed by atoms with Crippen LogP contribution in [0.25, 0.3) is 0 Å². The first-order valence-corrected chi connectivity index (χ1v) is 31.8. The van der Waals surface area contributed by atoms with Crippen molar-refractivity contribution >= 4 is 13.7 Å². The zero-order valence-electron chi connectivity index (χ0n) is 48.5. The molecule has 426 valence electrons. The van der Waals surface area contributed by atoms with Crippen LogP contribution in [0, 0.1) is 0 Å². The van der Waals surface area contributed by atoms with Crippen LogP contribution in [-0.2, 0) is 18.4 Å². The van der Waals surface area contributed by atoms with Crippen LogP contribution in [0.5, 0.6) is 0 Å². The first kappa shape index (κ1) is 71.2. The maximum absolute atomic E-state index is 13.0. The molecule has 3 atom stereocenters. The first-order valence-electron chi connectivity index (χ1n) is 30.3. The molecule has 0 aliphatic heterocycles. The summed E-state index contributed by atoms with van der Waals surface area (Å²) in [5, 5.41) is 13.9. The fourth-order valence-corrected chi connectivity index (χ4v) is 8.99. The molecule has 1 amide bonds. The summed E-state index contributed by atoms with van der Waals surface area (Å²) in [7, 11) is 1.54. The number of likely N-dealkylation sites (N-methyl/N-ethyl adjacent to an activating group) is 1. The Bertz CT molecular complexity index is 1570. The van der Waals surface area contributed by atoms with Gasteiger partial charge in [-0.1, -0.05) is 252 Å². The standard InChI is InChI=1S/C65H115N2O6P/c1-6-8-10-12-14-16-18-20-22-23-24-25-26-27-28-29-30-31-32-33-34-35-36-37-38-39-40-41-42-43-45-47-49-51-53-55-57-59-65(69)66-63(62-73-74(70,71)72-61-60-67(3,4)5)64(68)58-56-54-52-50-48-46-44-21-19-17-15-13-11-9-7-2/h8,10,14,16,19-22,24-25,27-28,30-31,48,50,56,58,63-64,68H,6-7,9,11-13,15,17-18,23,26,29,32-47,49,51-55,57,59-62H2,1-5H3,(H-,66,69,70,71)/p+1/b10-8-,16-14-,21-19+,22-20-,25-24-,28-27-,31-30-,50-48+,58-56+. The number of carbonyl (C=O) groups excluding carboxylic acids is 1. The van der Waals surface area contributed by atoms with Gasteiger partial charge in [-0.2, -0.15) is 0 Å². The van der Waals surface area contributed by atoms with E-state index >= 15 is 0 Å². The van der Waals surface area contributed by atoms with Crippen molar-refractivity contribution in [2.24, 2.45) is 0 Å². The van der Waals surface area contributed by atoms with E-state index in [0.29, 0.717) is 17.4 Å². The van der Waals surface area contributed by atoms with Crippen LogP contribution in [0.4, 0.5) is 0 Å². The Kier molecular flexibility index (Phi) is 52.8. The molecule has 0 aromatic heterocycles. The zero-order chi connectivity index (χ0) is 54.2. The van der Waals surface area contributed by atoms with Crippen LogP contribution in [0.1, 0.15) is 245 Å². The van der Waals surface area contributed by atoms with Crippen molar-refractivity contribution in [2.75, 3.05) is 40.9 Å². The molecule has 0 radical (unpaired) electrons. The number of quaternary nitrogens is 1. The van der Waals surface area contributed by atoms with Crippen LogP contribution in [0.3, 0.4) is 0 Å². The number of rotatable bonds is 54. The number of phosphoric acid groups is 1. The molecule has 8 nitrogen and oxygen atoms in total. The molecule has 3 N–H and O–H groups in total. The molecule has 0 bridgehead atoms. The summed E-state index contributed by atoms with van der Waals surface area (Å²) in [5.74, 6) is -0.193. The summed E-state index contributed by atoms with van der Waals surface area (Å²) in [4.78, 5) is 23.3. The van der Waals surface area contributed by atoms with Gasteiger partial charge in [-0.25, -0.2) is 4.57 Å². The fraction of sp³-hybridized carbons (Fsp3) is 0.708. The third kappa shape index (κ3) is 56.9. The monoisotopic (exact) mass is 1050 g/mol. The highest BCUT2D eigenvalue weighted by Gasteiger charge is 2.27. The van der Waals surface area contributed by atoms with Gasteiger partial charge in [0.05, 0.1) is 39.9 Å². The average molecular weight is 1050 g/mol. The summed E-state index contributed by atoms with van der Waals surface area (Å²) < 4.78 is 23.7. The van der Waals surface area contributed by atoms with Gasteiger partial charge >= 0.3 is 7.82 Å². The maximum atomic E-state index is 13.0. The summed E-state index contributed by atoms with van der Waals surface area (Å²) in [6.45, 7) is 4.65. The third-order valence-electron chi connectivity index (χ3n) is 13.0. The van der Waals surface area contributed by atoms with Gasteiger partial charge in [-0.15, -0.1) is 0 Å². The third-order valence-corrected chi connectivity index (χ3v) is 13.9. The largest absolute Gasteiger partial charge is 0.472 e. The van der Waals surface area contributed by atoms with Crippen LogP contribution >= 0.6 is 7.82 Å². The average Bonchev–Trinajstić information content (AvgIpc) is 3.36.